The molecule has 3 aromatic carbocycles. The van der Waals surface area contributed by atoms with Gasteiger partial charge in [-0.2, -0.15) is 0 Å². The van der Waals surface area contributed by atoms with Gasteiger partial charge < -0.3 is 9.15 Å². The maximum atomic E-state index is 12.2. The van der Waals surface area contributed by atoms with Crippen molar-refractivity contribution in [2.24, 2.45) is 0 Å². The van der Waals surface area contributed by atoms with Crippen molar-refractivity contribution in [2.45, 2.75) is 0 Å². The summed E-state index contributed by atoms with van der Waals surface area (Å²) in [6.45, 7) is 0. The van der Waals surface area contributed by atoms with Crippen molar-refractivity contribution in [1.29, 1.82) is 0 Å². The van der Waals surface area contributed by atoms with E-state index in [2.05, 4.69) is 0 Å². The molecule has 1 heterocycles. The molecule has 118 valence electrons. The van der Waals surface area contributed by atoms with Gasteiger partial charge in [-0.1, -0.05) is 54.1 Å². The number of carbonyl (C=O) groups excluding carboxylic acids is 1. The Morgan fingerprint density at radius 2 is 1.75 bits per heavy atom. The molecular formula is C20H13ClO3. The lowest BCUT2D eigenvalue weighted by atomic mass is 9.97. The summed E-state index contributed by atoms with van der Waals surface area (Å²) in [5.74, 6) is -0.430. The van der Waals surface area contributed by atoms with Crippen LogP contribution in [-0.4, -0.2) is 13.1 Å². The summed E-state index contributed by atoms with van der Waals surface area (Å²) in [5, 5.41) is 2.53. The highest BCUT2D eigenvalue weighted by Gasteiger charge is 2.18. The summed E-state index contributed by atoms with van der Waals surface area (Å²) in [5.41, 5.74) is 3.54. The second-order valence-corrected chi connectivity index (χ2v) is 5.90. The largest absolute Gasteiger partial charge is 0.465 e. The molecule has 0 radical (unpaired) electrons. The fraction of sp³-hybridized carbons (Fsp3) is 0.0500. The summed E-state index contributed by atoms with van der Waals surface area (Å²) >= 11 is 6.06. The molecule has 1 aromatic heterocycles. The van der Waals surface area contributed by atoms with E-state index in [1.165, 1.54) is 7.11 Å². The number of carbonyl (C=O) groups is 1. The van der Waals surface area contributed by atoms with Crippen molar-refractivity contribution < 1.29 is 13.9 Å². The molecule has 0 spiro atoms. The monoisotopic (exact) mass is 336 g/mol. The van der Waals surface area contributed by atoms with Crippen LogP contribution in [0.25, 0.3) is 33.1 Å². The molecule has 0 fully saturated rings. The summed E-state index contributed by atoms with van der Waals surface area (Å²) in [7, 11) is 1.36. The first-order valence-electron chi connectivity index (χ1n) is 7.47. The second-order valence-electron chi connectivity index (χ2n) is 5.46. The number of halogens is 1. The van der Waals surface area contributed by atoms with E-state index in [0.717, 1.165) is 33.1 Å². The Bertz CT molecular complexity index is 1080. The molecule has 0 bridgehead atoms. The van der Waals surface area contributed by atoms with E-state index in [-0.39, 0.29) is 0 Å². The van der Waals surface area contributed by atoms with Gasteiger partial charge in [-0.15, -0.1) is 0 Å². The van der Waals surface area contributed by atoms with E-state index in [9.17, 15) is 4.79 Å². The van der Waals surface area contributed by atoms with Crippen LogP contribution in [0.15, 0.2) is 65.1 Å². The molecular weight excluding hydrogens is 324 g/mol. The molecule has 4 rings (SSSR count). The van der Waals surface area contributed by atoms with Crippen molar-refractivity contribution in [1.82, 2.24) is 0 Å². The van der Waals surface area contributed by atoms with Gasteiger partial charge in [-0.05, 0) is 18.2 Å². The van der Waals surface area contributed by atoms with Gasteiger partial charge >= 0.3 is 5.97 Å². The first kappa shape index (κ1) is 14.8. The van der Waals surface area contributed by atoms with Crippen LogP contribution in [0.1, 0.15) is 10.4 Å². The third-order valence-electron chi connectivity index (χ3n) is 4.08. The molecule has 0 N–H and O–H groups in total. The number of esters is 1. The van der Waals surface area contributed by atoms with E-state index in [4.69, 9.17) is 20.8 Å². The molecule has 0 amide bonds. The molecule has 0 aliphatic carbocycles. The van der Waals surface area contributed by atoms with Gasteiger partial charge in [0, 0.05) is 26.9 Å². The minimum Gasteiger partial charge on any atom is -0.465 e. The van der Waals surface area contributed by atoms with Gasteiger partial charge in [-0.25, -0.2) is 4.79 Å². The molecule has 0 atom stereocenters. The van der Waals surface area contributed by atoms with Crippen molar-refractivity contribution in [3.8, 4) is 11.1 Å². The van der Waals surface area contributed by atoms with Gasteiger partial charge in [0.2, 0.25) is 0 Å². The van der Waals surface area contributed by atoms with Crippen LogP contribution >= 0.6 is 11.6 Å². The lowest BCUT2D eigenvalue weighted by molar-refractivity contribution is 0.0601. The topological polar surface area (TPSA) is 39.4 Å². The Kier molecular flexibility index (Phi) is 3.51. The predicted octanol–water partition coefficient (Wildman–Crippen LogP) is 5.69. The lowest BCUT2D eigenvalue weighted by Gasteiger charge is -2.09. The zero-order chi connectivity index (χ0) is 16.7. The fourth-order valence-electron chi connectivity index (χ4n) is 2.99. The summed E-state index contributed by atoms with van der Waals surface area (Å²) in [4.78, 5) is 12.2. The molecule has 3 nitrogen and oxygen atoms in total. The molecule has 4 aromatic rings. The summed E-state index contributed by atoms with van der Waals surface area (Å²) < 4.78 is 10.9. The fourth-order valence-corrected chi connectivity index (χ4v) is 3.16. The van der Waals surface area contributed by atoms with Gasteiger partial charge in [0.25, 0.3) is 0 Å². The van der Waals surface area contributed by atoms with Gasteiger partial charge in [-0.3, -0.25) is 0 Å². The van der Waals surface area contributed by atoms with Crippen LogP contribution in [-0.2, 0) is 4.74 Å². The second kappa shape index (κ2) is 5.69. The van der Waals surface area contributed by atoms with Crippen LogP contribution in [0.3, 0.4) is 0 Å². The first-order valence-corrected chi connectivity index (χ1v) is 7.85. The number of hydrogen-bond acceptors (Lipinski definition) is 3. The lowest BCUT2D eigenvalue weighted by Crippen LogP contribution is -2.03. The number of furan rings is 1. The van der Waals surface area contributed by atoms with Crippen LogP contribution < -0.4 is 0 Å². The van der Waals surface area contributed by atoms with E-state index >= 15 is 0 Å². The van der Waals surface area contributed by atoms with Crippen LogP contribution in [0.5, 0.6) is 0 Å². The average Bonchev–Trinajstić information content (AvgIpc) is 3.00. The van der Waals surface area contributed by atoms with Crippen molar-refractivity contribution >= 4 is 39.5 Å². The predicted molar refractivity (Wildman–Crippen MR) is 95.5 cm³/mol. The Morgan fingerprint density at radius 1 is 0.958 bits per heavy atom. The van der Waals surface area contributed by atoms with Gasteiger partial charge in [0.05, 0.1) is 12.7 Å². The smallest absolute Gasteiger partial charge is 0.338 e. The SMILES string of the molecule is COC(=O)c1cc(Cl)ccc1-c1cccc2c1oc1ccccc12. The molecule has 0 saturated heterocycles. The number of para-hydroxylation sites is 2. The van der Waals surface area contributed by atoms with E-state index in [0.29, 0.717) is 10.6 Å². The van der Waals surface area contributed by atoms with E-state index in [1.54, 1.807) is 12.1 Å². The standard InChI is InChI=1S/C20H13ClO3/c1-23-20(22)17-11-12(21)9-10-13(17)15-6-4-7-16-14-5-2-3-8-18(14)24-19(15)16/h2-11H,1H3. The van der Waals surface area contributed by atoms with Gasteiger partial charge in [0.1, 0.15) is 11.2 Å². The van der Waals surface area contributed by atoms with Crippen LogP contribution in [0, 0.1) is 0 Å². The summed E-state index contributed by atoms with van der Waals surface area (Å²) in [6.07, 6.45) is 0. The van der Waals surface area contributed by atoms with Crippen molar-refractivity contribution in [3.63, 3.8) is 0 Å². The van der Waals surface area contributed by atoms with Crippen LogP contribution in [0.2, 0.25) is 5.02 Å². The highest BCUT2D eigenvalue weighted by Crippen LogP contribution is 2.37. The number of ether oxygens (including phenoxy) is 1. The Morgan fingerprint density at radius 3 is 2.58 bits per heavy atom. The van der Waals surface area contributed by atoms with Gasteiger partial charge in [0.15, 0.2) is 0 Å². The third kappa shape index (κ3) is 2.25. The number of benzene rings is 3. The summed E-state index contributed by atoms with van der Waals surface area (Å²) in [6, 6.07) is 19.0. The maximum Gasteiger partial charge on any atom is 0.338 e. The third-order valence-corrected chi connectivity index (χ3v) is 4.32. The van der Waals surface area contributed by atoms with Crippen molar-refractivity contribution in [3.05, 3.63) is 71.2 Å². The Hall–Kier alpha value is -2.78. The van der Waals surface area contributed by atoms with E-state index in [1.807, 2.05) is 48.5 Å². The minimum absolute atomic E-state index is 0.415. The Labute approximate surface area is 143 Å². The number of methoxy groups -OCH3 is 1. The molecule has 4 heteroatoms. The van der Waals surface area contributed by atoms with Crippen molar-refractivity contribution in [2.75, 3.05) is 7.11 Å². The average molecular weight is 337 g/mol. The molecule has 0 saturated carbocycles. The number of fused-ring (bicyclic) bond motifs is 3. The van der Waals surface area contributed by atoms with E-state index < -0.39 is 5.97 Å². The van der Waals surface area contributed by atoms with Crippen LogP contribution in [0.4, 0.5) is 0 Å². The Balaban J connectivity index is 2.06. The highest BCUT2D eigenvalue weighted by molar-refractivity contribution is 6.31. The zero-order valence-electron chi connectivity index (χ0n) is 12.9. The molecule has 0 aliphatic heterocycles. The maximum absolute atomic E-state index is 12.2. The minimum atomic E-state index is -0.430. The molecule has 24 heavy (non-hydrogen) atoms. The quantitative estimate of drug-likeness (QED) is 0.441. The number of rotatable bonds is 2. The number of hydrogen-bond donors (Lipinski definition) is 0. The first-order chi connectivity index (χ1) is 11.7. The zero-order valence-corrected chi connectivity index (χ0v) is 13.6. The normalized spacial score (nSPS) is 11.1. The molecule has 0 unspecified atom stereocenters. The molecule has 0 aliphatic rings. The highest BCUT2D eigenvalue weighted by atomic mass is 35.5.